The van der Waals surface area contributed by atoms with Gasteiger partial charge in [-0.15, -0.1) is 0 Å². The van der Waals surface area contributed by atoms with Crippen LogP contribution < -0.4 is 10.5 Å². The summed E-state index contributed by atoms with van der Waals surface area (Å²) in [6.07, 6.45) is 0. The van der Waals surface area contributed by atoms with Crippen molar-refractivity contribution in [1.82, 2.24) is 15.0 Å². The summed E-state index contributed by atoms with van der Waals surface area (Å²) < 4.78 is 11.2. The molecule has 0 spiro atoms. The van der Waals surface area contributed by atoms with Crippen LogP contribution in [0.15, 0.2) is 40.9 Å². The highest BCUT2D eigenvalue weighted by Crippen LogP contribution is 2.30. The molecule has 8 nitrogen and oxygen atoms in total. The van der Waals surface area contributed by atoms with E-state index in [0.29, 0.717) is 31.4 Å². The summed E-state index contributed by atoms with van der Waals surface area (Å²) in [6.45, 7) is 5.82. The van der Waals surface area contributed by atoms with Gasteiger partial charge < -0.3 is 25.2 Å². The van der Waals surface area contributed by atoms with Gasteiger partial charge in [-0.3, -0.25) is 4.90 Å². The summed E-state index contributed by atoms with van der Waals surface area (Å²) in [7, 11) is 0. The van der Waals surface area contributed by atoms with Crippen molar-refractivity contribution in [2.24, 2.45) is 5.73 Å². The maximum Gasteiger partial charge on any atom is 0.258 e. The van der Waals surface area contributed by atoms with Crippen molar-refractivity contribution in [2.45, 2.75) is 32.5 Å². The van der Waals surface area contributed by atoms with Crippen LogP contribution in [0.3, 0.4) is 0 Å². The minimum absolute atomic E-state index is 0.267. The molecule has 0 amide bonds. The molecule has 31 heavy (non-hydrogen) atoms. The SMILES string of the molecule is CCOc1cc(-c2nc(-c3ccc4c(c3)CN(CC(N)(CO)CO)C4)no2)ccc1C. The molecule has 1 aromatic heterocycles. The molecule has 1 aliphatic heterocycles. The molecule has 0 fully saturated rings. The summed E-state index contributed by atoms with van der Waals surface area (Å²) in [5, 5.41) is 23.1. The number of hydrogen-bond acceptors (Lipinski definition) is 8. The molecule has 0 saturated heterocycles. The van der Waals surface area contributed by atoms with Crippen LogP contribution in [0.1, 0.15) is 23.6 Å². The van der Waals surface area contributed by atoms with Crippen LogP contribution in [0.25, 0.3) is 22.8 Å². The Morgan fingerprint density at radius 1 is 1.10 bits per heavy atom. The lowest BCUT2D eigenvalue weighted by atomic mass is 10.0. The fourth-order valence-corrected chi connectivity index (χ4v) is 3.81. The molecule has 0 aliphatic carbocycles. The number of ether oxygens (including phenoxy) is 1. The van der Waals surface area contributed by atoms with Gasteiger partial charge in [0, 0.05) is 30.8 Å². The number of rotatable bonds is 8. The van der Waals surface area contributed by atoms with Gasteiger partial charge >= 0.3 is 0 Å². The van der Waals surface area contributed by atoms with Gasteiger partial charge in [0.1, 0.15) is 5.75 Å². The number of hydrogen-bond donors (Lipinski definition) is 3. The van der Waals surface area contributed by atoms with E-state index in [1.54, 1.807) is 0 Å². The average Bonchev–Trinajstić information content (AvgIpc) is 3.41. The standard InChI is InChI=1S/C23H28N4O4/c1-3-30-20-9-17(5-4-15(20)2)22-25-21(26-31-22)16-6-7-18-10-27(11-19(18)8-16)12-23(24,13-28)14-29/h4-9,28-29H,3,10-14,24H2,1-2H3. The average molecular weight is 425 g/mol. The second-order valence-electron chi connectivity index (χ2n) is 8.14. The third-order valence-corrected chi connectivity index (χ3v) is 5.58. The normalized spacial score (nSPS) is 14.1. The summed E-state index contributed by atoms with van der Waals surface area (Å²) in [6, 6.07) is 11.9. The van der Waals surface area contributed by atoms with Gasteiger partial charge in [0.15, 0.2) is 0 Å². The Hall–Kier alpha value is -2.78. The molecule has 0 unspecified atom stereocenters. The van der Waals surface area contributed by atoms with Crippen LogP contribution in [0, 0.1) is 6.92 Å². The van der Waals surface area contributed by atoms with E-state index in [-0.39, 0.29) is 13.2 Å². The maximum absolute atomic E-state index is 9.47. The van der Waals surface area contributed by atoms with Crippen LogP contribution in [0.4, 0.5) is 0 Å². The second-order valence-corrected chi connectivity index (χ2v) is 8.14. The molecule has 4 rings (SSSR count). The minimum atomic E-state index is -1.01. The number of aromatic nitrogens is 2. The van der Waals surface area contributed by atoms with E-state index in [1.807, 2.05) is 38.1 Å². The fraction of sp³-hybridized carbons (Fsp3) is 0.391. The van der Waals surface area contributed by atoms with E-state index in [9.17, 15) is 10.2 Å². The van der Waals surface area contributed by atoms with E-state index in [0.717, 1.165) is 34.5 Å². The second kappa shape index (κ2) is 8.76. The Kier molecular flexibility index (Phi) is 6.06. The summed E-state index contributed by atoms with van der Waals surface area (Å²) >= 11 is 0. The predicted molar refractivity (Wildman–Crippen MR) is 116 cm³/mol. The Labute approximate surface area is 181 Å². The number of aliphatic hydroxyl groups is 2. The number of nitrogens with two attached hydrogens (primary N) is 1. The molecule has 0 radical (unpaired) electrons. The van der Waals surface area contributed by atoms with Gasteiger partial charge in [-0.05, 0) is 48.7 Å². The quantitative estimate of drug-likeness (QED) is 0.503. The number of fused-ring (bicyclic) bond motifs is 1. The minimum Gasteiger partial charge on any atom is -0.494 e. The molecule has 0 atom stereocenters. The Morgan fingerprint density at radius 2 is 1.84 bits per heavy atom. The van der Waals surface area contributed by atoms with Crippen molar-refractivity contribution in [3.63, 3.8) is 0 Å². The van der Waals surface area contributed by atoms with Crippen LogP contribution in [0.2, 0.25) is 0 Å². The topological polar surface area (TPSA) is 118 Å². The first-order chi connectivity index (χ1) is 14.9. The van der Waals surface area contributed by atoms with Crippen LogP contribution in [-0.2, 0) is 13.1 Å². The molecule has 3 aromatic rings. The summed E-state index contributed by atoms with van der Waals surface area (Å²) in [5.74, 6) is 1.77. The first kappa shape index (κ1) is 21.5. The lowest BCUT2D eigenvalue weighted by Gasteiger charge is -2.29. The summed E-state index contributed by atoms with van der Waals surface area (Å²) in [5.41, 5.74) is 10.1. The maximum atomic E-state index is 9.47. The van der Waals surface area contributed by atoms with E-state index in [1.165, 1.54) is 5.56 Å². The van der Waals surface area contributed by atoms with Crippen LogP contribution in [-0.4, -0.2) is 57.2 Å². The zero-order valence-corrected chi connectivity index (χ0v) is 17.8. The highest BCUT2D eigenvalue weighted by atomic mass is 16.5. The smallest absolute Gasteiger partial charge is 0.258 e. The van der Waals surface area contributed by atoms with Crippen molar-refractivity contribution in [3.05, 3.63) is 53.1 Å². The number of aliphatic hydroxyl groups excluding tert-OH is 2. The van der Waals surface area contributed by atoms with E-state index >= 15 is 0 Å². The number of benzene rings is 2. The molecule has 0 bridgehead atoms. The fourth-order valence-electron chi connectivity index (χ4n) is 3.81. The van der Waals surface area contributed by atoms with Crippen molar-refractivity contribution in [2.75, 3.05) is 26.4 Å². The van der Waals surface area contributed by atoms with Gasteiger partial charge in [-0.2, -0.15) is 4.98 Å². The molecule has 0 saturated carbocycles. The molecular formula is C23H28N4O4. The van der Waals surface area contributed by atoms with Gasteiger partial charge in [0.25, 0.3) is 5.89 Å². The van der Waals surface area contributed by atoms with Crippen molar-refractivity contribution in [1.29, 1.82) is 0 Å². The van der Waals surface area contributed by atoms with Crippen molar-refractivity contribution < 1.29 is 19.5 Å². The van der Waals surface area contributed by atoms with E-state index in [2.05, 4.69) is 27.2 Å². The summed E-state index contributed by atoms with van der Waals surface area (Å²) in [4.78, 5) is 6.69. The monoisotopic (exact) mass is 424 g/mol. The van der Waals surface area contributed by atoms with Gasteiger partial charge in [-0.1, -0.05) is 23.4 Å². The van der Waals surface area contributed by atoms with Crippen molar-refractivity contribution >= 4 is 0 Å². The number of nitrogens with zero attached hydrogens (tertiary/aromatic N) is 3. The first-order valence-corrected chi connectivity index (χ1v) is 10.4. The first-order valence-electron chi connectivity index (χ1n) is 10.4. The molecular weight excluding hydrogens is 396 g/mol. The van der Waals surface area contributed by atoms with Gasteiger partial charge in [0.05, 0.1) is 25.4 Å². The lowest BCUT2D eigenvalue weighted by molar-refractivity contribution is 0.0823. The zero-order chi connectivity index (χ0) is 22.0. The Balaban J connectivity index is 1.53. The lowest BCUT2D eigenvalue weighted by Crippen LogP contribution is -2.54. The zero-order valence-electron chi connectivity index (χ0n) is 17.8. The largest absolute Gasteiger partial charge is 0.494 e. The molecule has 2 heterocycles. The Bertz CT molecular complexity index is 1060. The molecule has 164 valence electrons. The van der Waals surface area contributed by atoms with E-state index in [4.69, 9.17) is 15.0 Å². The van der Waals surface area contributed by atoms with Gasteiger partial charge in [0.2, 0.25) is 5.82 Å². The molecule has 1 aliphatic rings. The third kappa shape index (κ3) is 4.47. The molecule has 2 aromatic carbocycles. The molecule has 8 heteroatoms. The predicted octanol–water partition coefficient (Wildman–Crippen LogP) is 2.11. The number of aryl methyl sites for hydroxylation is 1. The van der Waals surface area contributed by atoms with Crippen molar-refractivity contribution in [3.8, 4) is 28.6 Å². The highest BCUT2D eigenvalue weighted by molar-refractivity contribution is 5.63. The molecule has 4 N–H and O–H groups in total. The highest BCUT2D eigenvalue weighted by Gasteiger charge is 2.30. The Morgan fingerprint density at radius 3 is 2.58 bits per heavy atom. The van der Waals surface area contributed by atoms with Gasteiger partial charge in [-0.25, -0.2) is 0 Å². The van der Waals surface area contributed by atoms with Crippen LogP contribution >= 0.6 is 0 Å². The van der Waals surface area contributed by atoms with E-state index < -0.39 is 5.54 Å². The van der Waals surface area contributed by atoms with Crippen LogP contribution in [0.5, 0.6) is 5.75 Å². The third-order valence-electron chi connectivity index (χ3n) is 5.58.